The van der Waals surface area contributed by atoms with Gasteiger partial charge < -0.3 is 9.63 Å². The Labute approximate surface area is 160 Å². The van der Waals surface area contributed by atoms with Gasteiger partial charge in [0, 0.05) is 13.2 Å². The largest absolute Gasteiger partial charge is 0.497 e. The van der Waals surface area contributed by atoms with E-state index < -0.39 is 13.3 Å². The van der Waals surface area contributed by atoms with Crippen LogP contribution in [0.1, 0.15) is 18.4 Å². The van der Waals surface area contributed by atoms with Crippen LogP contribution in [0.3, 0.4) is 0 Å². The molecule has 1 aromatic carbocycles. The van der Waals surface area contributed by atoms with E-state index >= 15 is 0 Å². The first-order chi connectivity index (χ1) is 12.8. The van der Waals surface area contributed by atoms with Crippen molar-refractivity contribution < 1.29 is 24.2 Å². The molecule has 8 heteroatoms. The van der Waals surface area contributed by atoms with Gasteiger partial charge in [0.05, 0.1) is 26.5 Å². The minimum Gasteiger partial charge on any atom is -0.497 e. The number of carbonyl (C=O) groups excluding carboxylic acids is 1. The summed E-state index contributed by atoms with van der Waals surface area (Å²) in [6, 6.07) is 7.26. The summed E-state index contributed by atoms with van der Waals surface area (Å²) in [5, 5.41) is 10.8. The fraction of sp³-hybridized carbons (Fsp3) is 0.421. The van der Waals surface area contributed by atoms with Crippen LogP contribution in [0.5, 0.6) is 5.75 Å². The zero-order chi connectivity index (χ0) is 19.9. The summed E-state index contributed by atoms with van der Waals surface area (Å²) in [6.45, 7) is 1.52. The normalized spacial score (nSPS) is 16.0. The predicted molar refractivity (Wildman–Crippen MR) is 104 cm³/mol. The van der Waals surface area contributed by atoms with E-state index in [0.29, 0.717) is 17.4 Å². The van der Waals surface area contributed by atoms with Gasteiger partial charge in [0.1, 0.15) is 5.75 Å². The smallest absolute Gasteiger partial charge is 0.260 e. The molecule has 1 aliphatic carbocycles. The molecule has 1 amide bonds. The molecule has 0 radical (unpaired) electrons. The molecular formula is C19H27N2O5P. The van der Waals surface area contributed by atoms with Gasteiger partial charge in [0.15, 0.2) is 0 Å². The summed E-state index contributed by atoms with van der Waals surface area (Å²) in [4.78, 5) is 23.7. The number of rotatable bonds is 9. The van der Waals surface area contributed by atoms with Crippen molar-refractivity contribution in [1.82, 2.24) is 9.96 Å². The highest BCUT2D eigenvalue weighted by Crippen LogP contribution is 2.36. The first kappa shape index (κ1) is 21.4. The summed E-state index contributed by atoms with van der Waals surface area (Å²) in [6.07, 6.45) is 7.59. The van der Waals surface area contributed by atoms with Gasteiger partial charge in [0.25, 0.3) is 5.91 Å². The molecular weight excluding hydrogens is 367 g/mol. The number of hydroxylamine groups is 2. The molecule has 27 heavy (non-hydrogen) atoms. The van der Waals surface area contributed by atoms with Crippen molar-refractivity contribution in [3.63, 3.8) is 0 Å². The molecule has 2 rings (SSSR count). The molecule has 0 saturated heterocycles. The third-order valence-electron chi connectivity index (χ3n) is 4.08. The Morgan fingerprint density at radius 3 is 2.48 bits per heavy atom. The van der Waals surface area contributed by atoms with E-state index in [9.17, 15) is 19.5 Å². The average molecular weight is 394 g/mol. The van der Waals surface area contributed by atoms with Gasteiger partial charge in [-0.25, -0.2) is 5.06 Å². The van der Waals surface area contributed by atoms with E-state index in [1.165, 1.54) is 6.66 Å². The van der Waals surface area contributed by atoms with Crippen molar-refractivity contribution in [3.8, 4) is 5.75 Å². The maximum absolute atomic E-state index is 12.4. The van der Waals surface area contributed by atoms with Gasteiger partial charge in [-0.1, -0.05) is 30.4 Å². The predicted octanol–water partition coefficient (Wildman–Crippen LogP) is 2.85. The second kappa shape index (κ2) is 9.85. The third kappa shape index (κ3) is 7.69. The molecule has 0 saturated carbocycles. The molecule has 0 bridgehead atoms. The Hall–Kier alpha value is -1.92. The summed E-state index contributed by atoms with van der Waals surface area (Å²) in [5.41, 5.74) is 1.75. The van der Waals surface area contributed by atoms with Gasteiger partial charge in [-0.2, -0.15) is 0 Å². The number of carbonyl (C=O) groups is 1. The Morgan fingerprint density at radius 2 is 1.93 bits per heavy atom. The number of hydrogen-bond acceptors (Lipinski definition) is 5. The molecule has 0 aliphatic heterocycles. The lowest BCUT2D eigenvalue weighted by atomic mass is 10.1. The average Bonchev–Trinajstić information content (AvgIpc) is 2.61. The van der Waals surface area contributed by atoms with Gasteiger partial charge in [-0.05, 0) is 36.1 Å². The quantitative estimate of drug-likeness (QED) is 0.380. The lowest BCUT2D eigenvalue weighted by molar-refractivity contribution is -0.164. The minimum atomic E-state index is -3.37. The minimum absolute atomic E-state index is 0.106. The maximum Gasteiger partial charge on any atom is 0.260 e. The molecule has 1 aromatic rings. The van der Waals surface area contributed by atoms with Crippen molar-refractivity contribution in [3.05, 3.63) is 53.6 Å². The zero-order valence-corrected chi connectivity index (χ0v) is 16.6. The maximum atomic E-state index is 12.4. The molecule has 0 fully saturated rings. The van der Waals surface area contributed by atoms with Crippen molar-refractivity contribution >= 4 is 13.3 Å². The van der Waals surface area contributed by atoms with Crippen LogP contribution in [-0.2, 0) is 15.9 Å². The van der Waals surface area contributed by atoms with Crippen LogP contribution in [0.2, 0.25) is 0 Å². The summed E-state index contributed by atoms with van der Waals surface area (Å²) >= 11 is 0. The number of ether oxygens (including phenoxy) is 1. The Morgan fingerprint density at radius 1 is 1.22 bits per heavy atom. The third-order valence-corrected chi connectivity index (χ3v) is 5.00. The van der Waals surface area contributed by atoms with Crippen LogP contribution in [0.15, 0.2) is 48.1 Å². The van der Waals surface area contributed by atoms with E-state index in [-0.39, 0.29) is 19.4 Å². The summed E-state index contributed by atoms with van der Waals surface area (Å²) < 4.78 is 17.0. The number of amides is 1. The highest BCUT2D eigenvalue weighted by molar-refractivity contribution is 7.57. The molecule has 1 unspecified atom stereocenters. The molecule has 7 nitrogen and oxygen atoms in total. The van der Waals surface area contributed by atoms with E-state index in [1.807, 2.05) is 30.4 Å². The second-order valence-corrected chi connectivity index (χ2v) is 9.12. The van der Waals surface area contributed by atoms with Gasteiger partial charge in [0.2, 0.25) is 7.37 Å². The van der Waals surface area contributed by atoms with Crippen molar-refractivity contribution in [2.24, 2.45) is 0 Å². The van der Waals surface area contributed by atoms with E-state index in [2.05, 4.69) is 0 Å². The van der Waals surface area contributed by atoms with Crippen molar-refractivity contribution in [2.45, 2.75) is 19.4 Å². The molecule has 2 N–H and O–H groups in total. The molecule has 0 spiro atoms. The van der Waals surface area contributed by atoms with Crippen LogP contribution < -0.4 is 4.74 Å². The standard InChI is InChI=1S/C19H27N2O5P/c1-26-18-10-8-17(9-11-18)12-20(15-27(2,24)25)14-19(22)21(23)13-16-6-4-3-5-7-16/h4,6-11,23H,3,5,12-15H2,1-2H3,(H,24,25). The number of methoxy groups -OCH3 is 1. The second-order valence-electron chi connectivity index (χ2n) is 6.74. The van der Waals surface area contributed by atoms with Crippen LogP contribution in [-0.4, -0.2) is 59.1 Å². The Kier molecular flexibility index (Phi) is 7.80. The highest BCUT2D eigenvalue weighted by atomic mass is 31.2. The number of benzene rings is 1. The first-order valence-electron chi connectivity index (χ1n) is 8.76. The number of allylic oxidation sites excluding steroid dienone is 2. The fourth-order valence-electron chi connectivity index (χ4n) is 2.84. The van der Waals surface area contributed by atoms with Crippen molar-refractivity contribution in [2.75, 3.05) is 33.1 Å². The zero-order valence-electron chi connectivity index (χ0n) is 15.7. The van der Waals surface area contributed by atoms with Gasteiger partial charge >= 0.3 is 0 Å². The fourth-order valence-corrected chi connectivity index (χ4v) is 3.78. The van der Waals surface area contributed by atoms with E-state index in [4.69, 9.17) is 4.74 Å². The van der Waals surface area contributed by atoms with Crippen LogP contribution in [0, 0.1) is 0 Å². The van der Waals surface area contributed by atoms with E-state index in [0.717, 1.165) is 24.0 Å². The molecule has 148 valence electrons. The monoisotopic (exact) mass is 394 g/mol. The molecule has 0 heterocycles. The lowest BCUT2D eigenvalue weighted by Crippen LogP contribution is -2.39. The summed E-state index contributed by atoms with van der Waals surface area (Å²) in [7, 11) is -1.79. The first-order valence-corrected chi connectivity index (χ1v) is 11.1. The molecule has 0 aromatic heterocycles. The highest BCUT2D eigenvalue weighted by Gasteiger charge is 2.22. The van der Waals surface area contributed by atoms with Crippen molar-refractivity contribution in [1.29, 1.82) is 0 Å². The lowest BCUT2D eigenvalue weighted by Gasteiger charge is -2.25. The van der Waals surface area contributed by atoms with Gasteiger partial charge in [-0.15, -0.1) is 0 Å². The van der Waals surface area contributed by atoms with Gasteiger partial charge in [-0.3, -0.25) is 19.5 Å². The Balaban J connectivity index is 2.01. The Bertz CT molecular complexity index is 739. The molecule has 1 atom stereocenters. The number of hydrogen-bond donors (Lipinski definition) is 2. The number of nitrogens with zero attached hydrogens (tertiary/aromatic N) is 2. The van der Waals surface area contributed by atoms with Crippen LogP contribution in [0.4, 0.5) is 0 Å². The molecule has 1 aliphatic rings. The van der Waals surface area contributed by atoms with Crippen LogP contribution in [0.25, 0.3) is 0 Å². The SMILES string of the molecule is COc1ccc(CN(CC(=O)N(O)CC2=CCCC=C2)CP(C)(=O)O)cc1. The van der Waals surface area contributed by atoms with E-state index in [1.54, 1.807) is 24.1 Å². The summed E-state index contributed by atoms with van der Waals surface area (Å²) in [5.74, 6) is 0.192. The topological polar surface area (TPSA) is 90.3 Å². The van der Waals surface area contributed by atoms with Crippen LogP contribution >= 0.6 is 7.37 Å².